The van der Waals surface area contributed by atoms with Gasteiger partial charge >= 0.3 is 6.03 Å². The Hall–Kier alpha value is -1.30. The summed E-state index contributed by atoms with van der Waals surface area (Å²) in [5.74, 6) is 0.00771. The first-order chi connectivity index (χ1) is 8.63. The average Bonchev–Trinajstić information content (AvgIpc) is 2.89. The molecule has 6 heteroatoms. The first-order valence-corrected chi connectivity index (χ1v) is 6.61. The average molecular weight is 256 g/mol. The van der Waals surface area contributed by atoms with Gasteiger partial charge in [-0.05, 0) is 26.4 Å². The number of hydrogen-bond donors (Lipinski definition) is 2. The van der Waals surface area contributed by atoms with Crippen LogP contribution in [0.25, 0.3) is 0 Å². The molecule has 0 bridgehead atoms. The highest BCUT2D eigenvalue weighted by Gasteiger charge is 2.17. The molecule has 18 heavy (non-hydrogen) atoms. The van der Waals surface area contributed by atoms with E-state index < -0.39 is 0 Å². The molecule has 0 aliphatic carbocycles. The van der Waals surface area contributed by atoms with Crippen LogP contribution in [0.1, 0.15) is 19.8 Å². The molecular weight excluding hydrogens is 232 g/mol. The Morgan fingerprint density at radius 3 is 2.50 bits per heavy atom. The molecule has 0 aromatic heterocycles. The largest absolute Gasteiger partial charge is 0.341 e. The summed E-state index contributed by atoms with van der Waals surface area (Å²) in [7, 11) is 2.00. The van der Waals surface area contributed by atoms with E-state index in [-0.39, 0.29) is 18.5 Å². The molecule has 6 nitrogen and oxygen atoms in total. The van der Waals surface area contributed by atoms with Gasteiger partial charge in [0.25, 0.3) is 0 Å². The van der Waals surface area contributed by atoms with Crippen molar-refractivity contribution in [2.45, 2.75) is 19.8 Å². The van der Waals surface area contributed by atoms with Gasteiger partial charge in [-0.15, -0.1) is 0 Å². The summed E-state index contributed by atoms with van der Waals surface area (Å²) in [6.45, 7) is 6.16. The van der Waals surface area contributed by atoms with E-state index >= 15 is 0 Å². The van der Waals surface area contributed by atoms with Crippen LogP contribution in [0.3, 0.4) is 0 Å². The molecule has 0 unspecified atom stereocenters. The van der Waals surface area contributed by atoms with Crippen LogP contribution < -0.4 is 10.6 Å². The SMILES string of the molecule is CCN(C)CCNC(=O)NCC(=O)N1CCCC1. The van der Waals surface area contributed by atoms with Gasteiger partial charge in [-0.1, -0.05) is 6.92 Å². The van der Waals surface area contributed by atoms with Gasteiger partial charge in [-0.3, -0.25) is 4.79 Å². The van der Waals surface area contributed by atoms with Gasteiger partial charge in [0.2, 0.25) is 5.91 Å². The summed E-state index contributed by atoms with van der Waals surface area (Å²) in [5, 5.41) is 5.32. The number of carbonyl (C=O) groups excluding carboxylic acids is 2. The van der Waals surface area contributed by atoms with Crippen molar-refractivity contribution < 1.29 is 9.59 Å². The highest BCUT2D eigenvalue weighted by atomic mass is 16.2. The summed E-state index contributed by atoms with van der Waals surface area (Å²) in [5.41, 5.74) is 0. The van der Waals surface area contributed by atoms with Crippen LogP contribution in [0.4, 0.5) is 4.79 Å². The number of amides is 3. The lowest BCUT2D eigenvalue weighted by Gasteiger charge is -2.16. The fourth-order valence-electron chi connectivity index (χ4n) is 1.82. The lowest BCUT2D eigenvalue weighted by Crippen LogP contribution is -2.44. The Labute approximate surface area is 109 Å². The summed E-state index contributed by atoms with van der Waals surface area (Å²) in [6, 6.07) is -0.271. The minimum absolute atomic E-state index is 0.00771. The quantitative estimate of drug-likeness (QED) is 0.695. The number of urea groups is 1. The van der Waals surface area contributed by atoms with Crippen LogP contribution in [0.15, 0.2) is 0 Å². The fourth-order valence-corrected chi connectivity index (χ4v) is 1.82. The Balaban J connectivity index is 2.07. The molecule has 0 radical (unpaired) electrons. The number of carbonyl (C=O) groups is 2. The van der Waals surface area contributed by atoms with Crippen LogP contribution in [0, 0.1) is 0 Å². The van der Waals surface area contributed by atoms with Crippen LogP contribution in [0.5, 0.6) is 0 Å². The molecule has 1 heterocycles. The Bertz CT molecular complexity index is 277. The maximum atomic E-state index is 11.7. The predicted octanol–water partition coefficient (Wildman–Crippen LogP) is -0.140. The molecule has 104 valence electrons. The molecular formula is C12H24N4O2. The van der Waals surface area contributed by atoms with Crippen LogP contribution in [0.2, 0.25) is 0 Å². The van der Waals surface area contributed by atoms with Crippen molar-refractivity contribution in [2.75, 3.05) is 46.3 Å². The van der Waals surface area contributed by atoms with Crippen molar-refractivity contribution in [3.63, 3.8) is 0 Å². The summed E-state index contributed by atoms with van der Waals surface area (Å²) >= 11 is 0. The number of likely N-dealkylation sites (tertiary alicyclic amines) is 1. The lowest BCUT2D eigenvalue weighted by atomic mass is 10.4. The second-order valence-electron chi connectivity index (χ2n) is 4.59. The van der Waals surface area contributed by atoms with E-state index in [1.165, 1.54) is 0 Å². The van der Waals surface area contributed by atoms with Gasteiger partial charge in [-0.2, -0.15) is 0 Å². The van der Waals surface area contributed by atoms with E-state index in [2.05, 4.69) is 22.5 Å². The third-order valence-electron chi connectivity index (χ3n) is 3.18. The predicted molar refractivity (Wildman–Crippen MR) is 70.4 cm³/mol. The van der Waals surface area contributed by atoms with Crippen molar-refractivity contribution in [3.05, 3.63) is 0 Å². The van der Waals surface area contributed by atoms with Gasteiger partial charge in [0, 0.05) is 26.2 Å². The minimum Gasteiger partial charge on any atom is -0.341 e. The van der Waals surface area contributed by atoms with Crippen molar-refractivity contribution in [1.29, 1.82) is 0 Å². The van der Waals surface area contributed by atoms with E-state index in [0.717, 1.165) is 39.0 Å². The highest BCUT2D eigenvalue weighted by molar-refractivity contribution is 5.84. The molecule has 0 aromatic rings. The van der Waals surface area contributed by atoms with Crippen molar-refractivity contribution in [3.8, 4) is 0 Å². The molecule has 0 saturated carbocycles. The van der Waals surface area contributed by atoms with Gasteiger partial charge < -0.3 is 20.4 Å². The minimum atomic E-state index is -0.271. The van der Waals surface area contributed by atoms with Gasteiger partial charge in [-0.25, -0.2) is 4.79 Å². The first-order valence-electron chi connectivity index (χ1n) is 6.61. The van der Waals surface area contributed by atoms with Crippen molar-refractivity contribution >= 4 is 11.9 Å². The zero-order valence-corrected chi connectivity index (χ0v) is 11.4. The molecule has 1 fully saturated rings. The molecule has 1 aliphatic heterocycles. The lowest BCUT2D eigenvalue weighted by molar-refractivity contribution is -0.128. The second-order valence-corrected chi connectivity index (χ2v) is 4.59. The van der Waals surface area contributed by atoms with Gasteiger partial charge in [0.15, 0.2) is 0 Å². The van der Waals surface area contributed by atoms with Gasteiger partial charge in [0.05, 0.1) is 6.54 Å². The molecule has 1 rings (SSSR count). The normalized spacial score (nSPS) is 14.9. The molecule has 0 aromatic carbocycles. The summed E-state index contributed by atoms with van der Waals surface area (Å²) in [4.78, 5) is 27.0. The number of likely N-dealkylation sites (N-methyl/N-ethyl adjacent to an activating group) is 1. The highest BCUT2D eigenvalue weighted by Crippen LogP contribution is 2.06. The Morgan fingerprint density at radius 1 is 1.22 bits per heavy atom. The maximum absolute atomic E-state index is 11.7. The topological polar surface area (TPSA) is 64.7 Å². The van der Waals surface area contributed by atoms with E-state index in [4.69, 9.17) is 0 Å². The Kier molecular flexibility index (Phi) is 6.49. The van der Waals surface area contributed by atoms with E-state index in [0.29, 0.717) is 6.54 Å². The number of nitrogens with one attached hydrogen (secondary N) is 2. The zero-order valence-electron chi connectivity index (χ0n) is 11.4. The standard InChI is InChI=1S/C12H24N4O2/c1-3-15(2)9-6-13-12(18)14-10-11(17)16-7-4-5-8-16/h3-10H2,1-2H3,(H2,13,14,18). The van der Waals surface area contributed by atoms with E-state index in [9.17, 15) is 9.59 Å². The zero-order chi connectivity index (χ0) is 13.4. The monoisotopic (exact) mass is 256 g/mol. The van der Waals surface area contributed by atoms with Crippen molar-refractivity contribution in [2.24, 2.45) is 0 Å². The molecule has 1 aliphatic rings. The molecule has 0 spiro atoms. The summed E-state index contributed by atoms with van der Waals surface area (Å²) in [6.07, 6.45) is 2.14. The summed E-state index contributed by atoms with van der Waals surface area (Å²) < 4.78 is 0. The molecule has 2 N–H and O–H groups in total. The van der Waals surface area contributed by atoms with Crippen LogP contribution in [-0.4, -0.2) is 68.1 Å². The second kappa shape index (κ2) is 7.92. The number of hydrogen-bond acceptors (Lipinski definition) is 3. The fraction of sp³-hybridized carbons (Fsp3) is 0.833. The number of rotatable bonds is 6. The number of nitrogens with zero attached hydrogens (tertiary/aromatic N) is 2. The van der Waals surface area contributed by atoms with Gasteiger partial charge in [0.1, 0.15) is 0 Å². The third kappa shape index (κ3) is 5.35. The van der Waals surface area contributed by atoms with Crippen LogP contribution in [-0.2, 0) is 4.79 Å². The van der Waals surface area contributed by atoms with Crippen LogP contribution >= 0.6 is 0 Å². The first kappa shape index (κ1) is 14.8. The smallest absolute Gasteiger partial charge is 0.315 e. The molecule has 0 atom stereocenters. The van der Waals surface area contributed by atoms with E-state index in [1.807, 2.05) is 7.05 Å². The molecule has 1 saturated heterocycles. The molecule has 3 amide bonds. The van der Waals surface area contributed by atoms with E-state index in [1.54, 1.807) is 4.90 Å². The maximum Gasteiger partial charge on any atom is 0.315 e. The third-order valence-corrected chi connectivity index (χ3v) is 3.18. The Morgan fingerprint density at radius 2 is 1.89 bits per heavy atom. The van der Waals surface area contributed by atoms with Crippen molar-refractivity contribution in [1.82, 2.24) is 20.4 Å².